The number of hydrogen-bond acceptors (Lipinski definition) is 12. The van der Waals surface area contributed by atoms with E-state index in [1.807, 2.05) is 24.3 Å². The largest absolute Gasteiger partial charge is 0.459 e. The van der Waals surface area contributed by atoms with Crippen molar-refractivity contribution >= 4 is 18.2 Å². The molecular formula is C75H99N9O9. The molecule has 3 aromatic heterocycles. The van der Waals surface area contributed by atoms with Crippen LogP contribution < -0.4 is 48.3 Å². The first-order valence-corrected chi connectivity index (χ1v) is 30.0. The molecule has 0 N–H and O–H groups in total. The van der Waals surface area contributed by atoms with Crippen LogP contribution in [0.25, 0.3) is 18.2 Å². The van der Waals surface area contributed by atoms with Crippen molar-refractivity contribution in [1.82, 2.24) is 42.4 Å². The number of rotatable bonds is 24. The van der Waals surface area contributed by atoms with Crippen molar-refractivity contribution in [3.05, 3.63) is 301 Å². The summed E-state index contributed by atoms with van der Waals surface area (Å²) in [6, 6.07) is 25.8. The van der Waals surface area contributed by atoms with Gasteiger partial charge in [0.25, 0.3) is 0 Å². The first kappa shape index (κ1) is 80.8. The maximum atomic E-state index is 12.3. The minimum absolute atomic E-state index is 0.0478. The molecule has 0 fully saturated rings. The van der Waals surface area contributed by atoms with Crippen LogP contribution in [-0.4, -0.2) is 62.2 Å². The molecular weight excluding hydrogens is 1170 g/mol. The van der Waals surface area contributed by atoms with E-state index in [2.05, 4.69) is 223 Å². The van der Waals surface area contributed by atoms with E-state index in [1.165, 1.54) is 51.6 Å². The average molecular weight is 1270 g/mol. The van der Waals surface area contributed by atoms with E-state index in [-0.39, 0.29) is 93.4 Å². The third-order valence-corrected chi connectivity index (χ3v) is 12.5. The highest BCUT2D eigenvalue weighted by Crippen LogP contribution is 2.27. The lowest BCUT2D eigenvalue weighted by atomic mass is 9.84. The van der Waals surface area contributed by atoms with Crippen LogP contribution in [0.2, 0.25) is 0 Å². The summed E-state index contributed by atoms with van der Waals surface area (Å²) < 4.78 is 21.5. The molecule has 0 saturated carbocycles. The molecule has 0 aliphatic carbocycles. The van der Waals surface area contributed by atoms with Crippen molar-refractivity contribution in [2.75, 3.05) is 19.8 Å². The van der Waals surface area contributed by atoms with E-state index in [1.54, 1.807) is 39.0 Å². The fourth-order valence-corrected chi connectivity index (χ4v) is 7.96. The molecule has 93 heavy (non-hydrogen) atoms. The highest BCUT2D eigenvalue weighted by molar-refractivity contribution is 5.54. The van der Waals surface area contributed by atoms with Crippen molar-refractivity contribution in [2.24, 2.45) is 0 Å². The number of nitrogens with zero attached hydrogens (tertiary/aromatic N) is 9. The van der Waals surface area contributed by atoms with Gasteiger partial charge in [-0.25, -0.2) is 56.2 Å². The Kier molecular flexibility index (Phi) is 34.6. The van der Waals surface area contributed by atoms with E-state index in [0.29, 0.717) is 16.7 Å². The molecule has 0 aliphatic rings. The van der Waals surface area contributed by atoms with Crippen molar-refractivity contribution in [3.63, 3.8) is 0 Å². The molecule has 0 aliphatic heterocycles. The standard InChI is InChI=1S/C15H21N3O3.2C12H15N3O3.3C12H16/c1-10(2)7-16-13(19)17(8-11(3)4)15(21)18(14(16)20)9-12(5)6;1-4-7-16-10-13-11(17-8-5-2)15-12(14-10)18-9-6-3;1-4-7-13-10(16)14(8-5-2)12(18)15(9-6-3)11(13)17;1-5-10-6-8-11(9-7-10)12(2,3)4;1-5-10-7-6-8-11(9-10)12(2,3)4;1-5-10-8-6-7-9-11(10)12(2,3)4/h1,3,5,7-9H2,2,4,6H3;2*4-6H,1-3,7-9H2;3*5-9H,1H2,2-4H3. The minimum atomic E-state index is -0.662. The summed E-state index contributed by atoms with van der Waals surface area (Å²) in [7, 11) is 0. The molecule has 498 valence electrons. The van der Waals surface area contributed by atoms with Gasteiger partial charge in [0.15, 0.2) is 0 Å². The van der Waals surface area contributed by atoms with E-state index >= 15 is 0 Å². The molecule has 0 saturated heterocycles. The van der Waals surface area contributed by atoms with Gasteiger partial charge in [-0.1, -0.05) is 266 Å². The molecule has 3 aromatic carbocycles. The molecule has 0 amide bonds. The monoisotopic (exact) mass is 1270 g/mol. The topological polar surface area (TPSA) is 198 Å². The number of allylic oxidation sites excluding steroid dienone is 6. The normalized spacial score (nSPS) is 10.5. The zero-order valence-electron chi connectivity index (χ0n) is 57.2. The predicted molar refractivity (Wildman–Crippen MR) is 386 cm³/mol. The minimum Gasteiger partial charge on any atom is -0.459 e. The van der Waals surface area contributed by atoms with Gasteiger partial charge in [-0.2, -0.15) is 0 Å². The van der Waals surface area contributed by atoms with Crippen LogP contribution in [0, 0.1) is 0 Å². The Bertz CT molecular complexity index is 3620. The first-order chi connectivity index (χ1) is 43.6. The molecule has 18 nitrogen and oxygen atoms in total. The highest BCUT2D eigenvalue weighted by atomic mass is 16.5. The fourth-order valence-electron chi connectivity index (χ4n) is 7.96. The van der Waals surface area contributed by atoms with Gasteiger partial charge in [0.1, 0.15) is 19.8 Å². The zero-order valence-corrected chi connectivity index (χ0v) is 57.2. The third-order valence-electron chi connectivity index (χ3n) is 12.5. The maximum absolute atomic E-state index is 12.3. The number of hydrogen-bond donors (Lipinski definition) is 0. The van der Waals surface area contributed by atoms with E-state index in [4.69, 9.17) is 14.2 Å². The molecule has 6 rings (SSSR count). The van der Waals surface area contributed by atoms with Crippen LogP contribution in [-0.2, 0) is 55.5 Å². The van der Waals surface area contributed by atoms with Crippen molar-refractivity contribution in [3.8, 4) is 18.0 Å². The molecule has 6 aromatic rings. The summed E-state index contributed by atoms with van der Waals surface area (Å²) >= 11 is 0. The Morgan fingerprint density at radius 3 is 0.989 bits per heavy atom. The molecule has 0 bridgehead atoms. The molecule has 18 heteroatoms. The molecule has 0 atom stereocenters. The molecule has 3 heterocycles. The van der Waals surface area contributed by atoms with E-state index in [0.717, 1.165) is 27.4 Å². The number of ether oxygens (including phenoxy) is 3. The van der Waals surface area contributed by atoms with Crippen molar-refractivity contribution in [2.45, 2.75) is 139 Å². The predicted octanol–water partition coefficient (Wildman–Crippen LogP) is 13.1. The van der Waals surface area contributed by atoms with Gasteiger partial charge >= 0.3 is 52.2 Å². The van der Waals surface area contributed by atoms with Crippen LogP contribution in [0.3, 0.4) is 0 Å². The van der Waals surface area contributed by atoms with Crippen LogP contribution in [0.4, 0.5) is 0 Å². The van der Waals surface area contributed by atoms with Crippen molar-refractivity contribution < 1.29 is 14.2 Å². The number of benzene rings is 3. The van der Waals surface area contributed by atoms with E-state index in [9.17, 15) is 28.8 Å². The van der Waals surface area contributed by atoms with Gasteiger partial charge < -0.3 is 14.2 Å². The highest BCUT2D eigenvalue weighted by Gasteiger charge is 2.19. The summed E-state index contributed by atoms with van der Waals surface area (Å²) in [5, 5.41) is 0. The lowest BCUT2D eigenvalue weighted by molar-refractivity contribution is 0.268. The quantitative estimate of drug-likeness (QED) is 0.0520. The Morgan fingerprint density at radius 2 is 0.720 bits per heavy atom. The zero-order chi connectivity index (χ0) is 70.8. The van der Waals surface area contributed by atoms with Gasteiger partial charge in [-0.05, 0) is 70.4 Å². The second-order valence-corrected chi connectivity index (χ2v) is 24.2. The SMILES string of the molecule is C=C(C)Cn1c(=O)n(CC(=C)C)c(=O)n(CC(=C)C)c1=O.C=CCOc1nc(OCC=C)nc(OCC=C)n1.C=CCn1c(=O)n(CC=C)c(=O)n(CC=C)c1=O.C=Cc1ccc(C(C)(C)C)cc1.C=Cc1cccc(C(C)(C)C)c1.C=Cc1ccccc1C(C)(C)C. The van der Waals surface area contributed by atoms with Crippen LogP contribution >= 0.6 is 0 Å². The average Bonchev–Trinajstić information content (AvgIpc) is 0.806. The van der Waals surface area contributed by atoms with Crippen LogP contribution in [0.15, 0.2) is 234 Å². The lowest BCUT2D eigenvalue weighted by Crippen LogP contribution is -2.54. The Morgan fingerprint density at radius 1 is 0.387 bits per heavy atom. The Labute approximate surface area is 550 Å². The summed E-state index contributed by atoms with van der Waals surface area (Å²) in [6.45, 7) is 69.7. The molecule has 0 spiro atoms. The second-order valence-electron chi connectivity index (χ2n) is 24.2. The van der Waals surface area contributed by atoms with Gasteiger partial charge in [-0.3, -0.25) is 0 Å². The van der Waals surface area contributed by atoms with Gasteiger partial charge in [0.05, 0.1) is 39.3 Å². The Balaban J connectivity index is 0.000000565. The lowest BCUT2D eigenvalue weighted by Gasteiger charge is -2.21. The van der Waals surface area contributed by atoms with Gasteiger partial charge in [0, 0.05) is 0 Å². The molecule has 0 unspecified atom stereocenters. The number of aromatic nitrogens is 9. The summed E-state index contributed by atoms with van der Waals surface area (Å²) in [5.41, 5.74) is 6.44. The Hall–Kier alpha value is -10.2. The fraction of sp³-hybridized carbons (Fsp3) is 0.320. The van der Waals surface area contributed by atoms with Crippen molar-refractivity contribution in [1.29, 1.82) is 0 Å². The first-order valence-electron chi connectivity index (χ1n) is 30.0. The van der Waals surface area contributed by atoms with Crippen LogP contribution in [0.5, 0.6) is 18.0 Å². The maximum Gasteiger partial charge on any atom is 0.336 e. The van der Waals surface area contributed by atoms with Crippen LogP contribution in [0.1, 0.15) is 116 Å². The smallest absolute Gasteiger partial charge is 0.336 e. The molecule has 0 radical (unpaired) electrons. The summed E-state index contributed by atoms with van der Waals surface area (Å²) in [4.78, 5) is 84.6. The van der Waals surface area contributed by atoms with Gasteiger partial charge in [0.2, 0.25) is 0 Å². The summed E-state index contributed by atoms with van der Waals surface area (Å²) in [5.74, 6) is 0. The second kappa shape index (κ2) is 39.8. The van der Waals surface area contributed by atoms with E-state index < -0.39 is 34.1 Å². The third kappa shape index (κ3) is 27.4. The summed E-state index contributed by atoms with van der Waals surface area (Å²) in [6.07, 6.45) is 14.7. The van der Waals surface area contributed by atoms with Gasteiger partial charge in [-0.15, -0.1) is 34.7 Å².